The number of aliphatic imine (C=N–C) groups is 1. The van der Waals surface area contributed by atoms with E-state index in [1.165, 1.54) is 0 Å². The van der Waals surface area contributed by atoms with E-state index in [0.717, 1.165) is 23.2 Å². The van der Waals surface area contributed by atoms with E-state index in [2.05, 4.69) is 4.99 Å². The SMILES string of the molecule is O=Cc1ccc(/C=C2/CN=C(c3ccccc3)O2)cc1. The van der Waals surface area contributed by atoms with Crippen LogP contribution in [-0.4, -0.2) is 18.7 Å². The minimum Gasteiger partial charge on any atom is -0.441 e. The van der Waals surface area contributed by atoms with Crippen LogP contribution in [0, 0.1) is 0 Å². The highest BCUT2D eigenvalue weighted by Crippen LogP contribution is 2.17. The van der Waals surface area contributed by atoms with Crippen LogP contribution < -0.4 is 0 Å². The summed E-state index contributed by atoms with van der Waals surface area (Å²) in [5.41, 5.74) is 2.64. The Morgan fingerprint density at radius 1 is 0.950 bits per heavy atom. The van der Waals surface area contributed by atoms with E-state index in [1.807, 2.05) is 48.5 Å². The van der Waals surface area contributed by atoms with Crippen LogP contribution in [0.5, 0.6) is 0 Å². The minimum absolute atomic E-state index is 0.541. The Labute approximate surface area is 117 Å². The van der Waals surface area contributed by atoms with Crippen LogP contribution in [-0.2, 0) is 4.74 Å². The molecule has 0 spiro atoms. The molecule has 1 aliphatic heterocycles. The lowest BCUT2D eigenvalue weighted by Gasteiger charge is -2.02. The molecule has 0 amide bonds. The fourth-order valence-electron chi connectivity index (χ4n) is 2.00. The highest BCUT2D eigenvalue weighted by atomic mass is 16.5. The van der Waals surface area contributed by atoms with Gasteiger partial charge in [0.05, 0.1) is 0 Å². The molecule has 0 aliphatic carbocycles. The third-order valence-corrected chi connectivity index (χ3v) is 3.03. The quantitative estimate of drug-likeness (QED) is 0.797. The lowest BCUT2D eigenvalue weighted by molar-refractivity contribution is 0.112. The Bertz CT molecular complexity index is 670. The van der Waals surface area contributed by atoms with Gasteiger partial charge in [-0.05, 0) is 23.8 Å². The van der Waals surface area contributed by atoms with Crippen LogP contribution in [0.25, 0.3) is 6.08 Å². The summed E-state index contributed by atoms with van der Waals surface area (Å²) in [6.45, 7) is 0.541. The zero-order chi connectivity index (χ0) is 13.8. The van der Waals surface area contributed by atoms with Crippen LogP contribution in [0.15, 0.2) is 65.3 Å². The predicted molar refractivity (Wildman–Crippen MR) is 78.7 cm³/mol. The number of carbonyl (C=O) groups excluding carboxylic acids is 1. The zero-order valence-corrected chi connectivity index (χ0v) is 10.8. The first-order chi connectivity index (χ1) is 9.85. The second kappa shape index (κ2) is 5.53. The van der Waals surface area contributed by atoms with Gasteiger partial charge in [-0.1, -0.05) is 42.5 Å². The summed E-state index contributed by atoms with van der Waals surface area (Å²) >= 11 is 0. The molecule has 0 fully saturated rings. The minimum atomic E-state index is 0.541. The van der Waals surface area contributed by atoms with E-state index < -0.39 is 0 Å². The lowest BCUT2D eigenvalue weighted by Crippen LogP contribution is -1.99. The molecule has 2 aromatic rings. The zero-order valence-electron chi connectivity index (χ0n) is 10.8. The largest absolute Gasteiger partial charge is 0.441 e. The van der Waals surface area contributed by atoms with Crippen LogP contribution in [0.2, 0.25) is 0 Å². The number of benzene rings is 2. The molecule has 2 aromatic carbocycles. The summed E-state index contributed by atoms with van der Waals surface area (Å²) in [5.74, 6) is 1.46. The van der Waals surface area contributed by atoms with Gasteiger partial charge in [0.25, 0.3) is 0 Å². The summed E-state index contributed by atoms with van der Waals surface area (Å²) in [6.07, 6.45) is 2.77. The molecule has 0 saturated carbocycles. The second-order valence-electron chi connectivity index (χ2n) is 4.48. The van der Waals surface area contributed by atoms with Crippen molar-refractivity contribution in [2.24, 2.45) is 4.99 Å². The third-order valence-electron chi connectivity index (χ3n) is 3.03. The van der Waals surface area contributed by atoms with Gasteiger partial charge in [-0.25, -0.2) is 4.99 Å². The average Bonchev–Trinajstić information content (AvgIpc) is 2.97. The van der Waals surface area contributed by atoms with Crippen molar-refractivity contribution in [3.63, 3.8) is 0 Å². The van der Waals surface area contributed by atoms with Gasteiger partial charge in [0.15, 0.2) is 0 Å². The van der Waals surface area contributed by atoms with E-state index in [1.54, 1.807) is 12.1 Å². The van der Waals surface area contributed by atoms with Gasteiger partial charge in [-0.3, -0.25) is 4.79 Å². The van der Waals surface area contributed by atoms with Gasteiger partial charge in [0.2, 0.25) is 5.90 Å². The molecular formula is C17H13NO2. The van der Waals surface area contributed by atoms with Crippen LogP contribution in [0.1, 0.15) is 21.5 Å². The van der Waals surface area contributed by atoms with Crippen LogP contribution >= 0.6 is 0 Å². The molecule has 0 radical (unpaired) electrons. The van der Waals surface area contributed by atoms with Crippen molar-refractivity contribution in [3.05, 3.63) is 77.0 Å². The van der Waals surface area contributed by atoms with E-state index in [4.69, 9.17) is 4.74 Å². The standard InChI is InChI=1S/C17H13NO2/c19-12-14-8-6-13(7-9-14)10-16-11-18-17(20-16)15-4-2-1-3-5-15/h1-10,12H,11H2/b16-10-. The first kappa shape index (κ1) is 12.4. The predicted octanol–water partition coefficient (Wildman–Crippen LogP) is 3.32. The molecular weight excluding hydrogens is 250 g/mol. The molecule has 3 heteroatoms. The topological polar surface area (TPSA) is 38.7 Å². The number of rotatable bonds is 3. The smallest absolute Gasteiger partial charge is 0.222 e. The lowest BCUT2D eigenvalue weighted by atomic mass is 10.1. The number of ether oxygens (including phenoxy) is 1. The molecule has 0 saturated heterocycles. The Kier molecular flexibility index (Phi) is 3.42. The van der Waals surface area contributed by atoms with Crippen molar-refractivity contribution in [1.82, 2.24) is 0 Å². The van der Waals surface area contributed by atoms with Gasteiger partial charge < -0.3 is 4.74 Å². The third kappa shape index (κ3) is 2.67. The maximum absolute atomic E-state index is 10.6. The Morgan fingerprint density at radius 2 is 1.65 bits per heavy atom. The van der Waals surface area contributed by atoms with Crippen molar-refractivity contribution in [1.29, 1.82) is 0 Å². The Balaban J connectivity index is 1.74. The van der Waals surface area contributed by atoms with Gasteiger partial charge in [0, 0.05) is 11.1 Å². The maximum Gasteiger partial charge on any atom is 0.222 e. The number of hydrogen-bond donors (Lipinski definition) is 0. The van der Waals surface area contributed by atoms with Crippen molar-refractivity contribution in [2.45, 2.75) is 0 Å². The molecule has 0 bridgehead atoms. The number of hydrogen-bond acceptors (Lipinski definition) is 3. The van der Waals surface area contributed by atoms with Crippen molar-refractivity contribution < 1.29 is 9.53 Å². The molecule has 0 aromatic heterocycles. The summed E-state index contributed by atoms with van der Waals surface area (Å²) in [7, 11) is 0. The number of nitrogens with zero attached hydrogens (tertiary/aromatic N) is 1. The van der Waals surface area contributed by atoms with Gasteiger partial charge in [-0.15, -0.1) is 0 Å². The van der Waals surface area contributed by atoms with E-state index in [9.17, 15) is 4.79 Å². The highest BCUT2D eigenvalue weighted by Gasteiger charge is 2.14. The van der Waals surface area contributed by atoms with Gasteiger partial charge in [-0.2, -0.15) is 0 Å². The molecule has 1 aliphatic rings. The number of carbonyl (C=O) groups is 1. The molecule has 98 valence electrons. The molecule has 20 heavy (non-hydrogen) atoms. The summed E-state index contributed by atoms with van der Waals surface area (Å²) in [6, 6.07) is 17.2. The first-order valence-electron chi connectivity index (χ1n) is 6.39. The van der Waals surface area contributed by atoms with E-state index in [-0.39, 0.29) is 0 Å². The monoisotopic (exact) mass is 263 g/mol. The molecule has 3 rings (SSSR count). The molecule has 0 atom stereocenters. The van der Waals surface area contributed by atoms with E-state index >= 15 is 0 Å². The Hall–Kier alpha value is -2.68. The van der Waals surface area contributed by atoms with Crippen molar-refractivity contribution in [2.75, 3.05) is 6.54 Å². The highest BCUT2D eigenvalue weighted by molar-refractivity contribution is 5.96. The fourth-order valence-corrected chi connectivity index (χ4v) is 2.00. The average molecular weight is 263 g/mol. The summed E-state index contributed by atoms with van der Waals surface area (Å²) in [5, 5.41) is 0. The summed E-state index contributed by atoms with van der Waals surface area (Å²) < 4.78 is 5.75. The first-order valence-corrected chi connectivity index (χ1v) is 6.39. The molecule has 3 nitrogen and oxygen atoms in total. The normalized spacial score (nSPS) is 15.8. The molecule has 0 N–H and O–H groups in total. The van der Waals surface area contributed by atoms with Crippen LogP contribution in [0.4, 0.5) is 0 Å². The molecule has 0 unspecified atom stereocenters. The Morgan fingerprint density at radius 3 is 2.35 bits per heavy atom. The van der Waals surface area contributed by atoms with E-state index in [0.29, 0.717) is 18.0 Å². The van der Waals surface area contributed by atoms with Crippen LogP contribution in [0.3, 0.4) is 0 Å². The molecule has 1 heterocycles. The van der Waals surface area contributed by atoms with Gasteiger partial charge >= 0.3 is 0 Å². The maximum atomic E-state index is 10.6. The fraction of sp³-hybridized carbons (Fsp3) is 0.0588. The van der Waals surface area contributed by atoms with Crippen molar-refractivity contribution in [3.8, 4) is 0 Å². The van der Waals surface area contributed by atoms with Crippen molar-refractivity contribution >= 4 is 18.3 Å². The second-order valence-corrected chi connectivity index (χ2v) is 4.48. The number of aldehydes is 1. The summed E-state index contributed by atoms with van der Waals surface area (Å²) in [4.78, 5) is 15.0. The van der Waals surface area contributed by atoms with Gasteiger partial charge in [0.1, 0.15) is 18.6 Å².